The number of aromatic nitrogens is 2. The summed E-state index contributed by atoms with van der Waals surface area (Å²) in [7, 11) is 0. The highest BCUT2D eigenvalue weighted by Crippen LogP contribution is 2.36. The summed E-state index contributed by atoms with van der Waals surface area (Å²) in [5, 5.41) is 0. The van der Waals surface area contributed by atoms with Gasteiger partial charge in [0.2, 0.25) is 5.88 Å². The van der Waals surface area contributed by atoms with E-state index in [2.05, 4.69) is 44.0 Å². The molecule has 158 valence electrons. The van der Waals surface area contributed by atoms with E-state index < -0.39 is 0 Å². The van der Waals surface area contributed by atoms with Crippen molar-refractivity contribution in [1.82, 2.24) is 9.97 Å². The van der Waals surface area contributed by atoms with Gasteiger partial charge in [-0.25, -0.2) is 9.83 Å². The Morgan fingerprint density at radius 1 is 1.10 bits per heavy atom. The molecule has 1 fully saturated rings. The van der Waals surface area contributed by atoms with Crippen molar-refractivity contribution < 1.29 is 9.47 Å². The SMILES string of the molecule is [C-]#[N+]c1ccc(-c2ccc(CCN)cc2)c(Oc2cc(N3CCOCC3)nc(C)n2)c1. The highest BCUT2D eigenvalue weighted by molar-refractivity contribution is 5.74. The molecule has 7 nitrogen and oxygen atoms in total. The molecule has 0 atom stereocenters. The summed E-state index contributed by atoms with van der Waals surface area (Å²) in [6.07, 6.45) is 0.838. The number of rotatable bonds is 6. The molecule has 0 amide bonds. The van der Waals surface area contributed by atoms with Crippen molar-refractivity contribution in [3.8, 4) is 22.8 Å². The molecule has 31 heavy (non-hydrogen) atoms. The third-order valence-electron chi connectivity index (χ3n) is 5.14. The molecule has 0 spiro atoms. The largest absolute Gasteiger partial charge is 0.440 e. The standard InChI is InChI=1S/C24H25N5O2/c1-17-27-23(29-11-13-30-14-12-29)16-24(28-17)31-22-15-20(26-2)7-8-21(22)19-5-3-18(4-6-19)9-10-25/h3-8,15-16H,9-14,25H2,1H3. The van der Waals surface area contributed by atoms with E-state index in [1.165, 1.54) is 5.56 Å². The number of anilines is 1. The van der Waals surface area contributed by atoms with Gasteiger partial charge in [0.05, 0.1) is 19.8 Å². The number of morpholine rings is 1. The molecule has 4 rings (SSSR count). The maximum atomic E-state index is 7.39. The number of benzene rings is 2. The zero-order valence-corrected chi connectivity index (χ0v) is 17.5. The number of nitrogens with zero attached hydrogens (tertiary/aromatic N) is 4. The van der Waals surface area contributed by atoms with E-state index in [1.54, 1.807) is 12.1 Å². The quantitative estimate of drug-likeness (QED) is 0.610. The summed E-state index contributed by atoms with van der Waals surface area (Å²) < 4.78 is 11.7. The zero-order valence-electron chi connectivity index (χ0n) is 17.5. The third kappa shape index (κ3) is 5.00. The summed E-state index contributed by atoms with van der Waals surface area (Å²) in [5.41, 5.74) is 9.26. The lowest BCUT2D eigenvalue weighted by atomic mass is 10.0. The van der Waals surface area contributed by atoms with Crippen molar-refractivity contribution in [3.63, 3.8) is 0 Å². The Bertz CT molecular complexity index is 1090. The van der Waals surface area contributed by atoms with Gasteiger partial charge in [-0.3, -0.25) is 0 Å². The lowest BCUT2D eigenvalue weighted by Gasteiger charge is -2.28. The van der Waals surface area contributed by atoms with Crippen LogP contribution < -0.4 is 15.4 Å². The average molecular weight is 415 g/mol. The molecule has 0 bridgehead atoms. The lowest BCUT2D eigenvalue weighted by Crippen LogP contribution is -2.36. The number of ether oxygens (including phenoxy) is 2. The number of aryl methyl sites for hydroxylation is 1. The van der Waals surface area contributed by atoms with Crippen LogP contribution in [-0.2, 0) is 11.2 Å². The first kappa shape index (κ1) is 20.8. The minimum absolute atomic E-state index is 0.456. The number of hydrogen-bond acceptors (Lipinski definition) is 6. The van der Waals surface area contributed by atoms with Crippen LogP contribution in [0.4, 0.5) is 11.5 Å². The van der Waals surface area contributed by atoms with Crippen LogP contribution in [0.15, 0.2) is 48.5 Å². The maximum Gasteiger partial charge on any atom is 0.224 e. The summed E-state index contributed by atoms with van der Waals surface area (Å²) in [6, 6.07) is 15.5. The first-order valence-electron chi connectivity index (χ1n) is 10.3. The Morgan fingerprint density at radius 2 is 1.87 bits per heavy atom. The third-order valence-corrected chi connectivity index (χ3v) is 5.14. The van der Waals surface area contributed by atoms with E-state index in [0.29, 0.717) is 42.9 Å². The molecule has 3 aromatic rings. The summed E-state index contributed by atoms with van der Waals surface area (Å²) in [6.45, 7) is 12.8. The van der Waals surface area contributed by atoms with Crippen LogP contribution in [0.25, 0.3) is 16.0 Å². The van der Waals surface area contributed by atoms with Crippen LogP contribution in [0.3, 0.4) is 0 Å². The normalized spacial score (nSPS) is 13.6. The van der Waals surface area contributed by atoms with Gasteiger partial charge in [0.15, 0.2) is 5.69 Å². The van der Waals surface area contributed by atoms with Gasteiger partial charge in [-0.05, 0) is 37.1 Å². The van der Waals surface area contributed by atoms with E-state index >= 15 is 0 Å². The molecule has 2 N–H and O–H groups in total. The van der Waals surface area contributed by atoms with Crippen molar-refractivity contribution in [2.45, 2.75) is 13.3 Å². The van der Waals surface area contributed by atoms with Gasteiger partial charge in [0.25, 0.3) is 0 Å². The fraction of sp³-hybridized carbons (Fsp3) is 0.292. The molecular weight excluding hydrogens is 390 g/mol. The highest BCUT2D eigenvalue weighted by Gasteiger charge is 2.16. The van der Waals surface area contributed by atoms with Crippen LogP contribution in [0.5, 0.6) is 11.6 Å². The first-order chi connectivity index (χ1) is 15.2. The topological polar surface area (TPSA) is 77.9 Å². The Morgan fingerprint density at radius 3 is 2.58 bits per heavy atom. The van der Waals surface area contributed by atoms with Gasteiger partial charge in [0.1, 0.15) is 17.4 Å². The molecule has 0 aliphatic carbocycles. The van der Waals surface area contributed by atoms with Gasteiger partial charge in [-0.2, -0.15) is 4.98 Å². The fourth-order valence-electron chi connectivity index (χ4n) is 3.57. The van der Waals surface area contributed by atoms with Crippen LogP contribution in [0, 0.1) is 13.5 Å². The van der Waals surface area contributed by atoms with Gasteiger partial charge in [-0.1, -0.05) is 36.4 Å². The Hall–Kier alpha value is -3.47. The van der Waals surface area contributed by atoms with Gasteiger partial charge in [0, 0.05) is 24.7 Å². The van der Waals surface area contributed by atoms with Crippen molar-refractivity contribution in [2.75, 3.05) is 37.7 Å². The lowest BCUT2D eigenvalue weighted by molar-refractivity contribution is 0.122. The van der Waals surface area contributed by atoms with Crippen LogP contribution in [-0.4, -0.2) is 42.8 Å². The van der Waals surface area contributed by atoms with Crippen molar-refractivity contribution >= 4 is 11.5 Å². The van der Waals surface area contributed by atoms with Crippen molar-refractivity contribution in [1.29, 1.82) is 0 Å². The minimum Gasteiger partial charge on any atom is -0.440 e. The average Bonchev–Trinajstić information content (AvgIpc) is 2.80. The highest BCUT2D eigenvalue weighted by atomic mass is 16.5. The second-order valence-corrected chi connectivity index (χ2v) is 7.34. The second kappa shape index (κ2) is 9.56. The molecule has 1 aliphatic rings. The minimum atomic E-state index is 0.456. The van der Waals surface area contributed by atoms with Crippen LogP contribution >= 0.6 is 0 Å². The molecule has 0 radical (unpaired) electrons. The molecule has 1 aliphatic heterocycles. The number of hydrogen-bond donors (Lipinski definition) is 1. The monoisotopic (exact) mass is 415 g/mol. The fourth-order valence-corrected chi connectivity index (χ4v) is 3.57. The number of nitrogens with two attached hydrogens (primary N) is 1. The van der Waals surface area contributed by atoms with E-state index in [1.807, 2.05) is 19.1 Å². The molecule has 0 unspecified atom stereocenters. The van der Waals surface area contributed by atoms with E-state index in [0.717, 1.165) is 36.5 Å². The maximum absolute atomic E-state index is 7.39. The zero-order chi connectivity index (χ0) is 21.6. The van der Waals surface area contributed by atoms with Crippen LogP contribution in [0.2, 0.25) is 0 Å². The Labute approximate surface area is 182 Å². The molecule has 7 heteroatoms. The van der Waals surface area contributed by atoms with E-state index in [9.17, 15) is 0 Å². The summed E-state index contributed by atoms with van der Waals surface area (Å²) in [4.78, 5) is 14.8. The molecule has 1 aromatic heterocycles. The predicted molar refractivity (Wildman–Crippen MR) is 121 cm³/mol. The first-order valence-corrected chi connectivity index (χ1v) is 10.3. The Kier molecular flexibility index (Phi) is 6.41. The van der Waals surface area contributed by atoms with E-state index in [-0.39, 0.29) is 0 Å². The molecule has 0 saturated carbocycles. The van der Waals surface area contributed by atoms with Gasteiger partial charge < -0.3 is 20.1 Å². The predicted octanol–water partition coefficient (Wildman–Crippen LogP) is 4.13. The van der Waals surface area contributed by atoms with E-state index in [4.69, 9.17) is 21.8 Å². The molecular formula is C24H25N5O2. The summed E-state index contributed by atoms with van der Waals surface area (Å²) in [5.74, 6) is 2.50. The molecule has 2 heterocycles. The second-order valence-electron chi connectivity index (χ2n) is 7.34. The molecule has 1 saturated heterocycles. The Balaban J connectivity index is 1.67. The van der Waals surface area contributed by atoms with Crippen LogP contribution in [0.1, 0.15) is 11.4 Å². The summed E-state index contributed by atoms with van der Waals surface area (Å²) >= 11 is 0. The van der Waals surface area contributed by atoms with Crippen molar-refractivity contribution in [3.05, 3.63) is 71.3 Å². The smallest absolute Gasteiger partial charge is 0.224 e. The van der Waals surface area contributed by atoms with Crippen molar-refractivity contribution in [2.24, 2.45) is 5.73 Å². The molecule has 2 aromatic carbocycles. The van der Waals surface area contributed by atoms with Gasteiger partial charge >= 0.3 is 0 Å². The van der Waals surface area contributed by atoms with Gasteiger partial charge in [-0.15, -0.1) is 0 Å².